The highest BCUT2D eigenvalue weighted by molar-refractivity contribution is 5.92. The Kier molecular flexibility index (Phi) is 5.48. The molecule has 1 saturated heterocycles. The Morgan fingerprint density at radius 2 is 1.91 bits per heavy atom. The van der Waals surface area contributed by atoms with E-state index in [0.717, 1.165) is 65.8 Å². The summed E-state index contributed by atoms with van der Waals surface area (Å²) in [4.78, 5) is 16.0. The Balaban J connectivity index is 1.17. The Hall–Kier alpha value is -2.61. The van der Waals surface area contributed by atoms with Gasteiger partial charge in [-0.3, -0.25) is 9.88 Å². The maximum atomic E-state index is 9.46. The van der Waals surface area contributed by atoms with Crippen LogP contribution in [0, 0.1) is 5.41 Å². The Morgan fingerprint density at radius 3 is 2.73 bits per heavy atom. The Bertz CT molecular complexity index is 1140. The third-order valence-corrected chi connectivity index (χ3v) is 7.90. The molecule has 172 valence electrons. The van der Waals surface area contributed by atoms with E-state index in [1.165, 1.54) is 32.1 Å². The molecule has 6 rings (SSSR count). The molecular formula is C26H31N5O2. The molecule has 0 radical (unpaired) electrons. The number of benzene rings is 1. The molecule has 1 atom stereocenters. The minimum Gasteiger partial charge on any atom is -0.392 e. The van der Waals surface area contributed by atoms with Crippen LogP contribution in [0.2, 0.25) is 0 Å². The molecule has 2 aliphatic carbocycles. The first-order valence-electron chi connectivity index (χ1n) is 12.1. The highest BCUT2D eigenvalue weighted by atomic mass is 16.5. The van der Waals surface area contributed by atoms with Crippen molar-refractivity contribution in [3.63, 3.8) is 0 Å². The molecule has 3 fully saturated rings. The fourth-order valence-corrected chi connectivity index (χ4v) is 5.88. The van der Waals surface area contributed by atoms with Crippen LogP contribution in [0.15, 0.2) is 43.0 Å². The highest BCUT2D eigenvalue weighted by Crippen LogP contribution is 2.59. The van der Waals surface area contributed by atoms with Crippen LogP contribution < -0.4 is 5.32 Å². The van der Waals surface area contributed by atoms with Crippen LogP contribution in [0.25, 0.3) is 22.0 Å². The largest absolute Gasteiger partial charge is 0.392 e. The zero-order chi connectivity index (χ0) is 22.3. The summed E-state index contributed by atoms with van der Waals surface area (Å²) in [7, 11) is 0. The number of aliphatic hydroxyl groups excluding tert-OH is 1. The predicted octanol–water partition coefficient (Wildman–Crippen LogP) is 3.63. The molecule has 3 aliphatic rings. The summed E-state index contributed by atoms with van der Waals surface area (Å²) in [5, 5.41) is 14.2. The fourth-order valence-electron chi connectivity index (χ4n) is 5.88. The molecule has 1 aliphatic heterocycles. The van der Waals surface area contributed by atoms with Crippen LogP contribution in [-0.4, -0.2) is 63.3 Å². The molecule has 3 aromatic rings. The molecule has 7 heteroatoms. The quantitative estimate of drug-likeness (QED) is 0.620. The van der Waals surface area contributed by atoms with Crippen molar-refractivity contribution < 1.29 is 9.84 Å². The van der Waals surface area contributed by atoms with Crippen LogP contribution in [0.5, 0.6) is 0 Å². The third kappa shape index (κ3) is 4.09. The van der Waals surface area contributed by atoms with Crippen molar-refractivity contribution in [1.82, 2.24) is 19.9 Å². The summed E-state index contributed by atoms with van der Waals surface area (Å²) in [6.07, 6.45) is 11.5. The van der Waals surface area contributed by atoms with Gasteiger partial charge in [-0.05, 0) is 66.8 Å². The molecule has 1 aromatic carbocycles. The van der Waals surface area contributed by atoms with Gasteiger partial charge in [0.1, 0.15) is 12.1 Å². The van der Waals surface area contributed by atoms with Crippen molar-refractivity contribution in [2.75, 3.05) is 31.6 Å². The Labute approximate surface area is 194 Å². The van der Waals surface area contributed by atoms with Gasteiger partial charge >= 0.3 is 0 Å². The van der Waals surface area contributed by atoms with Crippen molar-refractivity contribution >= 4 is 16.7 Å². The second kappa shape index (κ2) is 8.63. The molecule has 33 heavy (non-hydrogen) atoms. The Morgan fingerprint density at radius 1 is 1.06 bits per heavy atom. The summed E-state index contributed by atoms with van der Waals surface area (Å²) in [5.41, 5.74) is 4.32. The number of aliphatic hydroxyl groups is 1. The van der Waals surface area contributed by atoms with Gasteiger partial charge in [0.05, 0.1) is 25.3 Å². The van der Waals surface area contributed by atoms with Crippen LogP contribution in [0.1, 0.15) is 37.7 Å². The summed E-state index contributed by atoms with van der Waals surface area (Å²) in [5.74, 6) is 0.912. The maximum Gasteiger partial charge on any atom is 0.137 e. The first kappa shape index (κ1) is 21.0. The molecule has 7 nitrogen and oxygen atoms in total. The van der Waals surface area contributed by atoms with E-state index in [0.29, 0.717) is 11.5 Å². The molecule has 1 spiro atoms. The number of nitrogens with one attached hydrogen (secondary N) is 1. The number of fused-ring (bicyclic) bond motifs is 1. The lowest BCUT2D eigenvalue weighted by molar-refractivity contribution is 0.0249. The topological polar surface area (TPSA) is 83.4 Å². The smallest absolute Gasteiger partial charge is 0.137 e. The maximum absolute atomic E-state index is 9.46. The normalized spacial score (nSPS) is 27.7. The van der Waals surface area contributed by atoms with Crippen molar-refractivity contribution in [3.8, 4) is 11.1 Å². The van der Waals surface area contributed by atoms with Gasteiger partial charge in [0.2, 0.25) is 0 Å². The number of anilines is 1. The van der Waals surface area contributed by atoms with E-state index in [1.807, 2.05) is 18.3 Å². The molecule has 2 N–H and O–H groups in total. The van der Waals surface area contributed by atoms with Gasteiger partial charge in [0.25, 0.3) is 0 Å². The van der Waals surface area contributed by atoms with Gasteiger partial charge in [-0.15, -0.1) is 0 Å². The van der Waals surface area contributed by atoms with Crippen LogP contribution in [-0.2, 0) is 11.3 Å². The number of rotatable bonds is 5. The van der Waals surface area contributed by atoms with Crippen LogP contribution in [0.4, 0.5) is 5.82 Å². The summed E-state index contributed by atoms with van der Waals surface area (Å²) in [6, 6.07) is 9.42. The molecule has 2 aromatic heterocycles. The lowest BCUT2D eigenvalue weighted by atomic mass is 9.82. The van der Waals surface area contributed by atoms with Gasteiger partial charge in [-0.2, -0.15) is 0 Å². The number of ether oxygens (including phenoxy) is 1. The predicted molar refractivity (Wildman–Crippen MR) is 128 cm³/mol. The van der Waals surface area contributed by atoms with E-state index in [-0.39, 0.29) is 6.61 Å². The van der Waals surface area contributed by atoms with Crippen molar-refractivity contribution in [2.45, 2.75) is 50.8 Å². The van der Waals surface area contributed by atoms with Gasteiger partial charge in [-0.1, -0.05) is 6.07 Å². The van der Waals surface area contributed by atoms with Crippen LogP contribution in [0.3, 0.4) is 0 Å². The van der Waals surface area contributed by atoms with Gasteiger partial charge in [0.15, 0.2) is 0 Å². The van der Waals surface area contributed by atoms with Gasteiger partial charge < -0.3 is 15.2 Å². The lowest BCUT2D eigenvalue weighted by Crippen LogP contribution is -2.41. The third-order valence-electron chi connectivity index (χ3n) is 7.90. The average molecular weight is 446 g/mol. The molecule has 3 heterocycles. The number of morpholine rings is 1. The minimum absolute atomic E-state index is 0.0140. The number of hydrogen-bond acceptors (Lipinski definition) is 7. The van der Waals surface area contributed by atoms with E-state index < -0.39 is 0 Å². The van der Waals surface area contributed by atoms with E-state index in [4.69, 9.17) is 4.74 Å². The molecule has 2 saturated carbocycles. The standard InChI is InChI=1S/C26H31N5O2/c32-16-18-11-20(15-27-14-18)19-1-2-23-22(12-19)25(29-17-28-23)30-21-3-5-26(6-4-21)13-24(26)31-7-9-33-10-8-31/h1-2,11-12,14-15,17,21,24,32H,3-10,13,16H2,(H,28,29,30). The second-order valence-electron chi connectivity index (χ2n) is 9.84. The van der Waals surface area contributed by atoms with Crippen molar-refractivity contribution in [2.24, 2.45) is 5.41 Å². The SMILES string of the molecule is OCc1cncc(-c2ccc3ncnc(NC4CCC5(CC4)CC5N4CCOCC4)c3c2)c1. The zero-order valence-corrected chi connectivity index (χ0v) is 18.9. The first-order valence-corrected chi connectivity index (χ1v) is 12.1. The van der Waals surface area contributed by atoms with E-state index in [9.17, 15) is 5.11 Å². The number of hydrogen-bond donors (Lipinski definition) is 2. The zero-order valence-electron chi connectivity index (χ0n) is 18.9. The van der Waals surface area contributed by atoms with Gasteiger partial charge in [0, 0.05) is 48.5 Å². The minimum atomic E-state index is -0.0140. The monoisotopic (exact) mass is 445 g/mol. The number of pyridine rings is 1. The van der Waals surface area contributed by atoms with E-state index in [1.54, 1.807) is 12.5 Å². The summed E-state index contributed by atoms with van der Waals surface area (Å²) >= 11 is 0. The lowest BCUT2D eigenvalue weighted by Gasteiger charge is -2.34. The van der Waals surface area contributed by atoms with Crippen molar-refractivity contribution in [3.05, 3.63) is 48.5 Å². The van der Waals surface area contributed by atoms with Gasteiger partial charge in [-0.25, -0.2) is 9.97 Å². The molecule has 0 amide bonds. The molecular weight excluding hydrogens is 414 g/mol. The first-order chi connectivity index (χ1) is 16.2. The molecule has 0 bridgehead atoms. The van der Waals surface area contributed by atoms with Crippen molar-refractivity contribution in [1.29, 1.82) is 0 Å². The summed E-state index contributed by atoms with van der Waals surface area (Å²) in [6.45, 7) is 3.96. The molecule has 1 unspecified atom stereocenters. The van der Waals surface area contributed by atoms with Crippen LogP contribution >= 0.6 is 0 Å². The number of aromatic nitrogens is 3. The fraction of sp³-hybridized carbons (Fsp3) is 0.500. The van der Waals surface area contributed by atoms with E-state index in [2.05, 4.69) is 37.3 Å². The van der Waals surface area contributed by atoms with E-state index >= 15 is 0 Å². The highest BCUT2D eigenvalue weighted by Gasteiger charge is 2.57. The summed E-state index contributed by atoms with van der Waals surface area (Å²) < 4.78 is 5.54. The number of nitrogens with zero attached hydrogens (tertiary/aromatic N) is 4. The average Bonchev–Trinajstić information content (AvgIpc) is 3.59. The second-order valence-corrected chi connectivity index (χ2v) is 9.84.